The van der Waals surface area contributed by atoms with Crippen molar-refractivity contribution in [1.29, 1.82) is 0 Å². The zero-order valence-corrected chi connectivity index (χ0v) is 12.4. The molecular weight excluding hydrogens is 280 g/mol. The molecule has 0 N–H and O–H groups in total. The van der Waals surface area contributed by atoms with Crippen LogP contribution >= 0.6 is 12.2 Å². The van der Waals surface area contributed by atoms with Crippen molar-refractivity contribution in [2.24, 2.45) is 0 Å². The lowest BCUT2D eigenvalue weighted by Crippen LogP contribution is -2.32. The molecule has 1 atom stereocenters. The van der Waals surface area contributed by atoms with Gasteiger partial charge in [0, 0.05) is 36.7 Å². The highest BCUT2D eigenvalue weighted by atomic mass is 32.1. The van der Waals surface area contributed by atoms with Crippen molar-refractivity contribution in [1.82, 2.24) is 15.0 Å². The first kappa shape index (κ1) is 12.7. The Kier molecular flexibility index (Phi) is 3.09. The van der Waals surface area contributed by atoms with Gasteiger partial charge < -0.3 is 0 Å². The Balaban J connectivity index is 1.81. The van der Waals surface area contributed by atoms with Crippen LogP contribution in [0.3, 0.4) is 0 Å². The second-order valence-electron chi connectivity index (χ2n) is 5.29. The molecule has 0 amide bonds. The van der Waals surface area contributed by atoms with Gasteiger partial charge in [0.25, 0.3) is 0 Å². The molecule has 3 heterocycles. The topological polar surface area (TPSA) is 22.6 Å². The number of anilines is 1. The van der Waals surface area contributed by atoms with E-state index in [2.05, 4.69) is 50.2 Å². The molecule has 106 valence electrons. The highest BCUT2D eigenvalue weighted by Crippen LogP contribution is 2.39. The molecule has 5 heteroatoms. The normalized spacial score (nSPS) is 21.9. The Morgan fingerprint density at radius 2 is 1.90 bits per heavy atom. The van der Waals surface area contributed by atoms with Crippen molar-refractivity contribution in [2.45, 2.75) is 12.6 Å². The number of nitrogens with zero attached hydrogens (tertiary/aromatic N) is 4. The molecule has 0 bridgehead atoms. The van der Waals surface area contributed by atoms with E-state index < -0.39 is 0 Å². The fourth-order valence-corrected chi connectivity index (χ4v) is 3.55. The highest BCUT2D eigenvalue weighted by molar-refractivity contribution is 7.80. The zero-order chi connectivity index (χ0) is 14.2. The molecule has 2 aliphatic heterocycles. The van der Waals surface area contributed by atoms with Crippen molar-refractivity contribution in [3.05, 3.63) is 60.4 Å². The Hall–Kier alpha value is -1.98. The van der Waals surface area contributed by atoms with Crippen LogP contribution in [0.5, 0.6) is 0 Å². The number of fused-ring (bicyclic) bond motifs is 1. The maximum atomic E-state index is 5.73. The van der Waals surface area contributed by atoms with Crippen molar-refractivity contribution < 1.29 is 0 Å². The lowest BCUT2D eigenvalue weighted by Gasteiger charge is -2.28. The monoisotopic (exact) mass is 296 g/mol. The summed E-state index contributed by atoms with van der Waals surface area (Å²) < 4.78 is 0. The number of hydrogen-bond donors (Lipinski definition) is 0. The number of hydrazine groups is 1. The second-order valence-corrected chi connectivity index (χ2v) is 5.65. The molecule has 2 saturated heterocycles. The summed E-state index contributed by atoms with van der Waals surface area (Å²) in [4.78, 5) is 6.51. The summed E-state index contributed by atoms with van der Waals surface area (Å²) in [6.45, 7) is 2.03. The van der Waals surface area contributed by atoms with Crippen molar-refractivity contribution >= 4 is 23.0 Å². The van der Waals surface area contributed by atoms with Crippen LogP contribution in [-0.2, 0) is 0 Å². The van der Waals surface area contributed by atoms with Gasteiger partial charge in [-0.3, -0.25) is 14.9 Å². The lowest BCUT2D eigenvalue weighted by atomic mass is 10.2. The molecule has 0 saturated carbocycles. The molecule has 21 heavy (non-hydrogen) atoms. The molecule has 0 spiro atoms. The predicted molar refractivity (Wildman–Crippen MR) is 86.5 cm³/mol. The van der Waals surface area contributed by atoms with Crippen LogP contribution in [0.15, 0.2) is 54.9 Å². The van der Waals surface area contributed by atoms with Crippen molar-refractivity contribution in [2.75, 3.05) is 18.0 Å². The third kappa shape index (κ3) is 2.01. The van der Waals surface area contributed by atoms with Gasteiger partial charge in [-0.15, -0.1) is 0 Å². The van der Waals surface area contributed by atoms with Gasteiger partial charge in [-0.05, 0) is 36.8 Å². The highest BCUT2D eigenvalue weighted by Gasteiger charge is 2.45. The summed E-state index contributed by atoms with van der Waals surface area (Å²) in [5.74, 6) is 0. The first-order valence-electron chi connectivity index (χ1n) is 7.18. The quantitative estimate of drug-likeness (QED) is 0.793. The minimum absolute atomic E-state index is 0.107. The first-order chi connectivity index (χ1) is 10.4. The van der Waals surface area contributed by atoms with Crippen LogP contribution in [0.2, 0.25) is 0 Å². The summed E-state index contributed by atoms with van der Waals surface area (Å²) in [5, 5.41) is 5.46. The van der Waals surface area contributed by atoms with Gasteiger partial charge in [0.15, 0.2) is 5.11 Å². The van der Waals surface area contributed by atoms with Crippen LogP contribution in [0.1, 0.15) is 18.2 Å². The molecule has 4 rings (SSSR count). The SMILES string of the molecule is S=C1N(c2ccccc2)[C@@H](c2cccnc2)N2CCCN12. The van der Waals surface area contributed by atoms with E-state index in [4.69, 9.17) is 12.2 Å². The lowest BCUT2D eigenvalue weighted by molar-refractivity contribution is 0.0921. The molecule has 0 aliphatic carbocycles. The summed E-state index contributed by atoms with van der Waals surface area (Å²) in [7, 11) is 0. The van der Waals surface area contributed by atoms with Crippen LogP contribution < -0.4 is 4.90 Å². The first-order valence-corrected chi connectivity index (χ1v) is 7.59. The maximum Gasteiger partial charge on any atom is 0.192 e. The zero-order valence-electron chi connectivity index (χ0n) is 11.6. The van der Waals surface area contributed by atoms with Crippen molar-refractivity contribution in [3.8, 4) is 0 Å². The molecule has 1 aromatic carbocycles. The van der Waals surface area contributed by atoms with Gasteiger partial charge in [-0.1, -0.05) is 24.3 Å². The van der Waals surface area contributed by atoms with E-state index in [9.17, 15) is 0 Å². The Bertz CT molecular complexity index is 646. The number of thiocarbonyl (C=S) groups is 1. The van der Waals surface area contributed by atoms with E-state index in [1.807, 2.05) is 24.5 Å². The van der Waals surface area contributed by atoms with E-state index in [1.165, 1.54) is 5.56 Å². The van der Waals surface area contributed by atoms with Crippen LogP contribution in [0.25, 0.3) is 0 Å². The third-order valence-electron chi connectivity index (χ3n) is 4.04. The molecule has 0 unspecified atom stereocenters. The summed E-state index contributed by atoms with van der Waals surface area (Å²) >= 11 is 5.73. The number of aromatic nitrogens is 1. The van der Waals surface area contributed by atoms with E-state index in [0.29, 0.717) is 0 Å². The molecular formula is C16H16N4S. The second kappa shape index (κ2) is 5.09. The summed E-state index contributed by atoms with van der Waals surface area (Å²) in [5.41, 5.74) is 2.30. The average Bonchev–Trinajstić information content (AvgIpc) is 3.11. The Labute approximate surface area is 129 Å². The molecule has 1 aromatic heterocycles. The van der Waals surface area contributed by atoms with Crippen LogP contribution in [-0.4, -0.2) is 33.2 Å². The van der Waals surface area contributed by atoms with Gasteiger partial charge in [-0.2, -0.15) is 5.01 Å². The van der Waals surface area contributed by atoms with Gasteiger partial charge in [0.2, 0.25) is 0 Å². The number of rotatable bonds is 2. The van der Waals surface area contributed by atoms with Gasteiger partial charge in [0.05, 0.1) is 0 Å². The minimum Gasteiger partial charge on any atom is -0.296 e. The fraction of sp³-hybridized carbons (Fsp3) is 0.250. The largest absolute Gasteiger partial charge is 0.296 e. The van der Waals surface area contributed by atoms with Gasteiger partial charge in [0.1, 0.15) is 6.17 Å². The molecule has 4 nitrogen and oxygen atoms in total. The average molecular weight is 296 g/mol. The third-order valence-corrected chi connectivity index (χ3v) is 4.45. The smallest absolute Gasteiger partial charge is 0.192 e. The van der Waals surface area contributed by atoms with E-state index in [1.54, 1.807) is 0 Å². The predicted octanol–water partition coefficient (Wildman–Crippen LogP) is 2.81. The number of para-hydroxylation sites is 1. The van der Waals surface area contributed by atoms with Crippen molar-refractivity contribution in [3.63, 3.8) is 0 Å². The standard InChI is InChI=1S/C16H16N4S/c21-16-19-11-5-10-18(19)15(13-6-4-9-17-12-13)20(16)14-7-2-1-3-8-14/h1-4,6-9,12,15H,5,10-11H2/t15-/m0/s1. The van der Waals surface area contributed by atoms with Crippen LogP contribution in [0.4, 0.5) is 5.69 Å². The number of benzene rings is 1. The summed E-state index contributed by atoms with van der Waals surface area (Å²) in [6, 6.07) is 14.5. The molecule has 2 aliphatic rings. The number of pyridine rings is 1. The fourth-order valence-electron chi connectivity index (χ4n) is 3.14. The minimum atomic E-state index is 0.107. The Morgan fingerprint density at radius 1 is 1.05 bits per heavy atom. The van der Waals surface area contributed by atoms with Gasteiger partial charge >= 0.3 is 0 Å². The van der Waals surface area contributed by atoms with E-state index >= 15 is 0 Å². The Morgan fingerprint density at radius 3 is 2.67 bits per heavy atom. The van der Waals surface area contributed by atoms with Crippen LogP contribution in [0, 0.1) is 0 Å². The maximum absolute atomic E-state index is 5.73. The van der Waals surface area contributed by atoms with E-state index in [0.717, 1.165) is 30.3 Å². The molecule has 2 fully saturated rings. The summed E-state index contributed by atoms with van der Waals surface area (Å²) in [6.07, 6.45) is 5.01. The van der Waals surface area contributed by atoms with Gasteiger partial charge in [-0.25, -0.2) is 0 Å². The number of hydrogen-bond acceptors (Lipinski definition) is 3. The van der Waals surface area contributed by atoms with E-state index in [-0.39, 0.29) is 6.17 Å². The molecule has 2 aromatic rings. The molecule has 0 radical (unpaired) electrons.